The lowest BCUT2D eigenvalue weighted by Crippen LogP contribution is -2.09. The van der Waals surface area contributed by atoms with Crippen molar-refractivity contribution in [1.82, 2.24) is 0 Å². The van der Waals surface area contributed by atoms with Crippen LogP contribution in [0.1, 0.15) is 6.42 Å². The number of nitrogens with two attached hydrogens (primary N) is 1. The van der Waals surface area contributed by atoms with E-state index in [0.717, 1.165) is 6.42 Å². The normalized spacial score (nSPS) is 10.0. The molecule has 0 fully saturated rings. The summed E-state index contributed by atoms with van der Waals surface area (Å²) in [6.45, 7) is 1.16. The van der Waals surface area contributed by atoms with Gasteiger partial charge in [-0.2, -0.15) is 0 Å². The van der Waals surface area contributed by atoms with Crippen LogP contribution in [0.25, 0.3) is 0 Å². The molecule has 1 aromatic rings. The highest BCUT2D eigenvalue weighted by Gasteiger charge is 2.13. The highest BCUT2D eigenvalue weighted by Crippen LogP contribution is 2.27. The van der Waals surface area contributed by atoms with Gasteiger partial charge >= 0.3 is 0 Å². The summed E-state index contributed by atoms with van der Waals surface area (Å²) in [6.07, 6.45) is 0.764. The molecule has 0 bridgehead atoms. The van der Waals surface area contributed by atoms with Gasteiger partial charge in [0.05, 0.1) is 4.92 Å². The van der Waals surface area contributed by atoms with Crippen LogP contribution >= 0.6 is 11.6 Å². The monoisotopic (exact) mass is 229 g/mol. The molecular formula is C9H12ClN3O2. The Bertz CT molecular complexity index is 357. The van der Waals surface area contributed by atoms with Crippen LogP contribution < -0.4 is 11.1 Å². The third-order valence-corrected chi connectivity index (χ3v) is 2.09. The quantitative estimate of drug-likeness (QED) is 0.460. The molecule has 3 N–H and O–H groups in total. The molecule has 1 aromatic carbocycles. The van der Waals surface area contributed by atoms with E-state index >= 15 is 0 Å². The topological polar surface area (TPSA) is 81.2 Å². The van der Waals surface area contributed by atoms with Crippen molar-refractivity contribution in [1.29, 1.82) is 0 Å². The van der Waals surface area contributed by atoms with Gasteiger partial charge in [0.1, 0.15) is 5.69 Å². The second-order valence-corrected chi connectivity index (χ2v) is 3.42. The van der Waals surface area contributed by atoms with Gasteiger partial charge < -0.3 is 11.1 Å². The van der Waals surface area contributed by atoms with Crippen LogP contribution in [0.5, 0.6) is 0 Å². The van der Waals surface area contributed by atoms with Gasteiger partial charge in [0.15, 0.2) is 0 Å². The average molecular weight is 230 g/mol. The summed E-state index contributed by atoms with van der Waals surface area (Å²) in [5.74, 6) is 0. The molecular weight excluding hydrogens is 218 g/mol. The number of nitro benzene ring substituents is 1. The highest BCUT2D eigenvalue weighted by molar-refractivity contribution is 6.30. The van der Waals surface area contributed by atoms with Crippen molar-refractivity contribution in [2.45, 2.75) is 6.42 Å². The smallest absolute Gasteiger partial charge is 0.293 e. The minimum Gasteiger partial charge on any atom is -0.379 e. The fraction of sp³-hybridized carbons (Fsp3) is 0.333. The lowest BCUT2D eigenvalue weighted by molar-refractivity contribution is -0.383. The molecule has 0 spiro atoms. The van der Waals surface area contributed by atoms with E-state index in [1.165, 1.54) is 6.07 Å². The maximum absolute atomic E-state index is 10.7. The largest absolute Gasteiger partial charge is 0.379 e. The molecule has 0 saturated carbocycles. The lowest BCUT2D eigenvalue weighted by atomic mass is 10.2. The van der Waals surface area contributed by atoms with E-state index < -0.39 is 4.92 Å². The van der Waals surface area contributed by atoms with E-state index in [-0.39, 0.29) is 5.69 Å². The Morgan fingerprint density at radius 1 is 1.53 bits per heavy atom. The minimum absolute atomic E-state index is 0.0143. The summed E-state index contributed by atoms with van der Waals surface area (Å²) in [5.41, 5.74) is 5.78. The Morgan fingerprint density at radius 2 is 2.27 bits per heavy atom. The zero-order valence-corrected chi connectivity index (χ0v) is 8.83. The summed E-state index contributed by atoms with van der Waals surface area (Å²) in [6, 6.07) is 4.53. The number of nitro groups is 1. The van der Waals surface area contributed by atoms with Crippen LogP contribution in [0.2, 0.25) is 5.02 Å². The van der Waals surface area contributed by atoms with Crippen molar-refractivity contribution >= 4 is 23.0 Å². The number of anilines is 1. The number of nitrogens with one attached hydrogen (secondary N) is 1. The van der Waals surface area contributed by atoms with E-state index in [2.05, 4.69) is 5.32 Å². The number of hydrogen-bond acceptors (Lipinski definition) is 4. The number of rotatable bonds is 5. The Kier molecular flexibility index (Phi) is 4.33. The summed E-state index contributed by atoms with van der Waals surface area (Å²) in [7, 11) is 0. The zero-order valence-electron chi connectivity index (χ0n) is 8.07. The number of hydrogen-bond donors (Lipinski definition) is 2. The molecule has 0 aliphatic rings. The summed E-state index contributed by atoms with van der Waals surface area (Å²) >= 11 is 5.67. The third-order valence-electron chi connectivity index (χ3n) is 1.85. The SMILES string of the molecule is NCCCNc1ccc(Cl)cc1[N+](=O)[O-]. The first-order chi connectivity index (χ1) is 7.15. The van der Waals surface area contributed by atoms with Gasteiger partial charge in [-0.05, 0) is 25.1 Å². The maximum Gasteiger partial charge on any atom is 0.293 e. The molecule has 6 heteroatoms. The predicted octanol–water partition coefficient (Wildman–Crippen LogP) is 2.01. The van der Waals surface area contributed by atoms with Crippen LogP contribution in [-0.4, -0.2) is 18.0 Å². The van der Waals surface area contributed by atoms with E-state index in [9.17, 15) is 10.1 Å². The maximum atomic E-state index is 10.7. The van der Waals surface area contributed by atoms with Gasteiger partial charge in [0.2, 0.25) is 0 Å². The molecule has 0 aliphatic heterocycles. The van der Waals surface area contributed by atoms with E-state index in [1.807, 2.05) is 0 Å². The molecule has 0 aromatic heterocycles. The molecule has 0 radical (unpaired) electrons. The molecule has 5 nitrogen and oxygen atoms in total. The minimum atomic E-state index is -0.462. The number of benzene rings is 1. The van der Waals surface area contributed by atoms with Gasteiger partial charge in [-0.15, -0.1) is 0 Å². The Morgan fingerprint density at radius 3 is 2.87 bits per heavy atom. The van der Waals surface area contributed by atoms with Crippen molar-refractivity contribution in [3.8, 4) is 0 Å². The number of halogens is 1. The van der Waals surface area contributed by atoms with Crippen LogP contribution in [0, 0.1) is 10.1 Å². The van der Waals surface area contributed by atoms with Crippen molar-refractivity contribution in [2.24, 2.45) is 5.73 Å². The first-order valence-electron chi connectivity index (χ1n) is 4.53. The molecule has 0 heterocycles. The van der Waals surface area contributed by atoms with E-state index in [4.69, 9.17) is 17.3 Å². The van der Waals surface area contributed by atoms with E-state index in [1.54, 1.807) is 12.1 Å². The molecule has 0 atom stereocenters. The highest BCUT2D eigenvalue weighted by atomic mass is 35.5. The average Bonchev–Trinajstić information content (AvgIpc) is 2.20. The molecule has 82 valence electrons. The zero-order chi connectivity index (χ0) is 11.3. The molecule has 0 amide bonds. The second-order valence-electron chi connectivity index (χ2n) is 2.99. The van der Waals surface area contributed by atoms with Gasteiger partial charge in [-0.3, -0.25) is 10.1 Å². The van der Waals surface area contributed by atoms with E-state index in [0.29, 0.717) is 23.8 Å². The summed E-state index contributed by atoms with van der Waals surface area (Å²) < 4.78 is 0. The van der Waals surface area contributed by atoms with Gasteiger partial charge in [0, 0.05) is 17.6 Å². The third kappa shape index (κ3) is 3.38. The van der Waals surface area contributed by atoms with Gasteiger partial charge in [0.25, 0.3) is 5.69 Å². The van der Waals surface area contributed by atoms with Crippen molar-refractivity contribution in [3.05, 3.63) is 33.3 Å². The fourth-order valence-corrected chi connectivity index (χ4v) is 1.30. The second kappa shape index (κ2) is 5.53. The van der Waals surface area contributed by atoms with Crippen molar-refractivity contribution < 1.29 is 4.92 Å². The molecule has 0 aliphatic carbocycles. The lowest BCUT2D eigenvalue weighted by Gasteiger charge is -2.06. The summed E-state index contributed by atoms with van der Waals surface area (Å²) in [4.78, 5) is 10.2. The summed E-state index contributed by atoms with van der Waals surface area (Å²) in [5, 5.41) is 14.0. The van der Waals surface area contributed by atoms with Crippen molar-refractivity contribution in [3.63, 3.8) is 0 Å². The fourth-order valence-electron chi connectivity index (χ4n) is 1.13. The molecule has 0 unspecified atom stereocenters. The molecule has 1 rings (SSSR count). The van der Waals surface area contributed by atoms with Gasteiger partial charge in [-0.25, -0.2) is 0 Å². The Hall–Kier alpha value is -1.33. The van der Waals surface area contributed by atoms with Crippen LogP contribution in [0.15, 0.2) is 18.2 Å². The van der Waals surface area contributed by atoms with Crippen LogP contribution in [0.3, 0.4) is 0 Å². The first-order valence-corrected chi connectivity index (χ1v) is 4.91. The molecule has 0 saturated heterocycles. The van der Waals surface area contributed by atoms with Crippen LogP contribution in [0.4, 0.5) is 11.4 Å². The van der Waals surface area contributed by atoms with Crippen molar-refractivity contribution in [2.75, 3.05) is 18.4 Å². The number of nitrogens with zero attached hydrogens (tertiary/aromatic N) is 1. The van der Waals surface area contributed by atoms with Crippen LogP contribution in [-0.2, 0) is 0 Å². The Labute approximate surface area is 92.4 Å². The molecule has 15 heavy (non-hydrogen) atoms. The predicted molar refractivity (Wildman–Crippen MR) is 60.3 cm³/mol. The standard InChI is InChI=1S/C9H12ClN3O2/c10-7-2-3-8(12-5-1-4-11)9(6-7)13(14)15/h2-3,6,12H,1,4-5,11H2. The van der Waals surface area contributed by atoms with Gasteiger partial charge in [-0.1, -0.05) is 11.6 Å². The Balaban J connectivity index is 2.81. The first kappa shape index (κ1) is 11.7.